The molecule has 3 rings (SSSR count). The van der Waals surface area contributed by atoms with Crippen molar-refractivity contribution in [2.75, 3.05) is 11.9 Å². The van der Waals surface area contributed by atoms with Crippen molar-refractivity contribution in [1.29, 1.82) is 0 Å². The summed E-state index contributed by atoms with van der Waals surface area (Å²) in [5.74, 6) is 0.830. The molecule has 1 heterocycles. The minimum atomic E-state index is 0.218. The fourth-order valence-corrected chi connectivity index (χ4v) is 3.65. The van der Waals surface area contributed by atoms with E-state index >= 15 is 0 Å². The molecule has 1 saturated carbocycles. The number of carbonyl (C=O) groups excluding carboxylic acids is 1. The number of fused-ring (bicyclic) bond motifs is 1. The van der Waals surface area contributed by atoms with E-state index in [0.29, 0.717) is 18.9 Å². The van der Waals surface area contributed by atoms with Crippen LogP contribution in [0.25, 0.3) is 0 Å². The number of hydrogen-bond donors (Lipinski definition) is 2. The molecule has 0 bridgehead atoms. The summed E-state index contributed by atoms with van der Waals surface area (Å²) in [5, 5.41) is 6.60. The summed E-state index contributed by atoms with van der Waals surface area (Å²) in [6.45, 7) is 1.70. The Kier molecular flexibility index (Phi) is 4.79. The van der Waals surface area contributed by atoms with Crippen LogP contribution in [-0.2, 0) is 17.8 Å². The number of para-hydroxylation sites is 1. The van der Waals surface area contributed by atoms with E-state index in [9.17, 15) is 4.79 Å². The van der Waals surface area contributed by atoms with Gasteiger partial charge in [-0.2, -0.15) is 0 Å². The summed E-state index contributed by atoms with van der Waals surface area (Å²) in [7, 11) is 0. The first-order valence-corrected chi connectivity index (χ1v) is 8.44. The zero-order valence-electron chi connectivity index (χ0n) is 12.8. The Balaban J connectivity index is 1.53. The van der Waals surface area contributed by atoms with Crippen LogP contribution in [-0.4, -0.2) is 12.5 Å². The fourth-order valence-electron chi connectivity index (χ4n) is 3.65. The van der Waals surface area contributed by atoms with E-state index in [2.05, 4.69) is 28.8 Å². The first-order chi connectivity index (χ1) is 10.3. The van der Waals surface area contributed by atoms with Gasteiger partial charge in [-0.15, -0.1) is 0 Å². The zero-order chi connectivity index (χ0) is 14.5. The molecule has 1 aliphatic heterocycles. The van der Waals surface area contributed by atoms with Gasteiger partial charge in [0, 0.05) is 25.2 Å². The Bertz CT molecular complexity index is 492. The minimum absolute atomic E-state index is 0.218. The molecule has 21 heavy (non-hydrogen) atoms. The number of nitrogens with one attached hydrogen (secondary N) is 2. The molecule has 0 spiro atoms. The highest BCUT2D eigenvalue weighted by atomic mass is 16.1. The van der Waals surface area contributed by atoms with Gasteiger partial charge in [-0.05, 0) is 42.7 Å². The highest BCUT2D eigenvalue weighted by molar-refractivity contribution is 5.76. The van der Waals surface area contributed by atoms with Crippen molar-refractivity contribution in [3.63, 3.8) is 0 Å². The van der Waals surface area contributed by atoms with Crippen molar-refractivity contribution in [3.8, 4) is 0 Å². The summed E-state index contributed by atoms with van der Waals surface area (Å²) >= 11 is 0. The second-order valence-corrected chi connectivity index (χ2v) is 6.47. The van der Waals surface area contributed by atoms with Gasteiger partial charge >= 0.3 is 0 Å². The quantitative estimate of drug-likeness (QED) is 0.887. The van der Waals surface area contributed by atoms with Crippen LogP contribution in [0.1, 0.15) is 56.1 Å². The SMILES string of the molecule is O=C(CC1CCCCC1)NCc1cccc2c1NCCC2. The lowest BCUT2D eigenvalue weighted by atomic mass is 9.87. The number of carbonyl (C=O) groups is 1. The predicted molar refractivity (Wildman–Crippen MR) is 86.3 cm³/mol. The Morgan fingerprint density at radius 1 is 1.19 bits per heavy atom. The molecule has 0 aromatic heterocycles. The molecule has 0 unspecified atom stereocenters. The Hall–Kier alpha value is -1.51. The first-order valence-electron chi connectivity index (χ1n) is 8.44. The third-order valence-corrected chi connectivity index (χ3v) is 4.84. The molecular formula is C18H26N2O. The molecule has 1 aromatic carbocycles. The number of rotatable bonds is 4. The van der Waals surface area contributed by atoms with Gasteiger partial charge in [-0.3, -0.25) is 4.79 Å². The number of hydrogen-bond acceptors (Lipinski definition) is 2. The van der Waals surface area contributed by atoms with Gasteiger partial charge in [0.15, 0.2) is 0 Å². The normalized spacial score (nSPS) is 18.7. The van der Waals surface area contributed by atoms with Crippen molar-refractivity contribution in [1.82, 2.24) is 5.32 Å². The second-order valence-electron chi connectivity index (χ2n) is 6.47. The average Bonchev–Trinajstić information content (AvgIpc) is 2.54. The third-order valence-electron chi connectivity index (χ3n) is 4.84. The van der Waals surface area contributed by atoms with Crippen LogP contribution < -0.4 is 10.6 Å². The highest BCUT2D eigenvalue weighted by Gasteiger charge is 2.17. The zero-order valence-corrected chi connectivity index (χ0v) is 12.8. The molecule has 2 N–H and O–H groups in total. The minimum Gasteiger partial charge on any atom is -0.385 e. The molecule has 1 fully saturated rings. The molecule has 3 nitrogen and oxygen atoms in total. The standard InChI is InChI=1S/C18H26N2O/c21-17(12-14-6-2-1-3-7-14)20-13-16-9-4-8-15-10-5-11-19-18(15)16/h4,8-9,14,19H,1-3,5-7,10-13H2,(H,20,21). The first kappa shape index (κ1) is 14.4. The van der Waals surface area contributed by atoms with Crippen LogP contribution in [0, 0.1) is 5.92 Å². The maximum absolute atomic E-state index is 12.1. The van der Waals surface area contributed by atoms with Crippen LogP contribution >= 0.6 is 0 Å². The van der Waals surface area contributed by atoms with Crippen LogP contribution in [0.4, 0.5) is 5.69 Å². The van der Waals surface area contributed by atoms with E-state index in [0.717, 1.165) is 13.0 Å². The van der Waals surface area contributed by atoms with E-state index in [1.807, 2.05) is 0 Å². The second kappa shape index (κ2) is 6.97. The number of anilines is 1. The van der Waals surface area contributed by atoms with Crippen molar-refractivity contribution >= 4 is 11.6 Å². The van der Waals surface area contributed by atoms with E-state index in [-0.39, 0.29) is 5.91 Å². The molecular weight excluding hydrogens is 260 g/mol. The lowest BCUT2D eigenvalue weighted by Crippen LogP contribution is -2.26. The van der Waals surface area contributed by atoms with Gasteiger partial charge in [-0.1, -0.05) is 37.5 Å². The molecule has 0 saturated heterocycles. The largest absolute Gasteiger partial charge is 0.385 e. The molecule has 3 heteroatoms. The topological polar surface area (TPSA) is 41.1 Å². The highest BCUT2D eigenvalue weighted by Crippen LogP contribution is 2.27. The Morgan fingerprint density at radius 2 is 2.05 bits per heavy atom. The maximum atomic E-state index is 12.1. The summed E-state index contributed by atoms with van der Waals surface area (Å²) < 4.78 is 0. The van der Waals surface area contributed by atoms with E-state index in [4.69, 9.17) is 0 Å². The summed E-state index contributed by atoms with van der Waals surface area (Å²) in [6.07, 6.45) is 9.46. The molecule has 1 aliphatic carbocycles. The fraction of sp³-hybridized carbons (Fsp3) is 0.611. The van der Waals surface area contributed by atoms with Crippen molar-refractivity contribution in [2.45, 2.75) is 57.9 Å². The Morgan fingerprint density at radius 3 is 2.90 bits per heavy atom. The van der Waals surface area contributed by atoms with Gasteiger partial charge in [0.05, 0.1) is 0 Å². The summed E-state index contributed by atoms with van der Waals surface area (Å²) in [4.78, 5) is 12.1. The van der Waals surface area contributed by atoms with Crippen molar-refractivity contribution < 1.29 is 4.79 Å². The summed E-state index contributed by atoms with van der Waals surface area (Å²) in [6, 6.07) is 6.42. The van der Waals surface area contributed by atoms with Crippen LogP contribution in [0.15, 0.2) is 18.2 Å². The average molecular weight is 286 g/mol. The lowest BCUT2D eigenvalue weighted by Gasteiger charge is -2.22. The van der Waals surface area contributed by atoms with Gasteiger partial charge < -0.3 is 10.6 Å². The lowest BCUT2D eigenvalue weighted by molar-refractivity contribution is -0.122. The van der Waals surface area contributed by atoms with Crippen molar-refractivity contribution in [3.05, 3.63) is 29.3 Å². The predicted octanol–water partition coefficient (Wildman–Crippen LogP) is 3.63. The smallest absolute Gasteiger partial charge is 0.220 e. The monoisotopic (exact) mass is 286 g/mol. The molecule has 0 atom stereocenters. The molecule has 114 valence electrons. The molecule has 1 amide bonds. The van der Waals surface area contributed by atoms with Gasteiger partial charge in [0.25, 0.3) is 0 Å². The Labute approximate surface area is 127 Å². The van der Waals surface area contributed by atoms with Crippen LogP contribution in [0.3, 0.4) is 0 Å². The van der Waals surface area contributed by atoms with E-state index < -0.39 is 0 Å². The molecule has 2 aliphatic rings. The number of amides is 1. The van der Waals surface area contributed by atoms with E-state index in [1.165, 1.54) is 55.3 Å². The van der Waals surface area contributed by atoms with Crippen LogP contribution in [0.2, 0.25) is 0 Å². The van der Waals surface area contributed by atoms with Gasteiger partial charge in [0.1, 0.15) is 0 Å². The number of aryl methyl sites for hydroxylation is 1. The number of benzene rings is 1. The van der Waals surface area contributed by atoms with Gasteiger partial charge in [0.2, 0.25) is 5.91 Å². The van der Waals surface area contributed by atoms with Gasteiger partial charge in [-0.25, -0.2) is 0 Å². The summed E-state index contributed by atoms with van der Waals surface area (Å²) in [5.41, 5.74) is 3.87. The van der Waals surface area contributed by atoms with Crippen molar-refractivity contribution in [2.24, 2.45) is 5.92 Å². The van der Waals surface area contributed by atoms with Crippen LogP contribution in [0.5, 0.6) is 0 Å². The maximum Gasteiger partial charge on any atom is 0.220 e. The van der Waals surface area contributed by atoms with E-state index in [1.54, 1.807) is 0 Å². The molecule has 0 radical (unpaired) electrons. The third kappa shape index (κ3) is 3.78. The molecule has 1 aromatic rings.